The van der Waals surface area contributed by atoms with Gasteiger partial charge >= 0.3 is 5.63 Å². The van der Waals surface area contributed by atoms with E-state index in [2.05, 4.69) is 38.7 Å². The fourth-order valence-electron chi connectivity index (χ4n) is 4.33. The van der Waals surface area contributed by atoms with Crippen molar-refractivity contribution in [3.63, 3.8) is 0 Å². The molecular formula is C20H25NO2. The molecule has 2 aliphatic heterocycles. The number of hydrogen-bond acceptors (Lipinski definition) is 3. The summed E-state index contributed by atoms with van der Waals surface area (Å²) in [5.74, 6) is 0. The molecule has 3 heterocycles. The fourth-order valence-corrected chi connectivity index (χ4v) is 4.33. The van der Waals surface area contributed by atoms with Crippen LogP contribution in [0.2, 0.25) is 0 Å². The lowest BCUT2D eigenvalue weighted by Crippen LogP contribution is -2.44. The Morgan fingerprint density at radius 2 is 1.70 bits per heavy atom. The van der Waals surface area contributed by atoms with E-state index in [-0.39, 0.29) is 16.5 Å². The summed E-state index contributed by atoms with van der Waals surface area (Å²) in [6.07, 6.45) is 2.26. The smallest absolute Gasteiger partial charge is 0.336 e. The fraction of sp³-hybridized carbons (Fsp3) is 0.550. The molecule has 2 aliphatic rings. The molecule has 0 saturated heterocycles. The van der Waals surface area contributed by atoms with Crippen molar-refractivity contribution in [1.82, 2.24) is 0 Å². The highest BCUT2D eigenvalue weighted by molar-refractivity contribution is 5.92. The molecule has 0 amide bonds. The molecule has 0 saturated carbocycles. The summed E-state index contributed by atoms with van der Waals surface area (Å²) in [5, 5.41) is 1.10. The number of aryl methyl sites for hydroxylation is 1. The highest BCUT2D eigenvalue weighted by Crippen LogP contribution is 2.51. The molecule has 1 aromatic heterocycles. The molecule has 122 valence electrons. The Morgan fingerprint density at radius 3 is 2.39 bits per heavy atom. The monoisotopic (exact) mass is 311 g/mol. The molecule has 0 N–H and O–H groups in total. The zero-order valence-corrected chi connectivity index (χ0v) is 14.7. The SMILES string of the molecule is Cc1cc(=O)oc2c3c4c(cc12)C(C)(C)CCN4CCC3(C)C. The van der Waals surface area contributed by atoms with Gasteiger partial charge in [0.2, 0.25) is 0 Å². The number of benzene rings is 1. The molecule has 0 spiro atoms. The van der Waals surface area contributed by atoms with E-state index in [0.29, 0.717) is 0 Å². The third-order valence-electron chi connectivity index (χ3n) is 5.95. The van der Waals surface area contributed by atoms with Crippen LogP contribution in [-0.4, -0.2) is 13.1 Å². The van der Waals surface area contributed by atoms with Gasteiger partial charge in [-0.15, -0.1) is 0 Å². The van der Waals surface area contributed by atoms with E-state index >= 15 is 0 Å². The molecule has 3 heteroatoms. The first-order valence-corrected chi connectivity index (χ1v) is 8.58. The molecule has 0 aliphatic carbocycles. The topological polar surface area (TPSA) is 33.5 Å². The average molecular weight is 311 g/mol. The predicted octanol–water partition coefficient (Wildman–Crippen LogP) is 4.27. The Hall–Kier alpha value is -1.77. The van der Waals surface area contributed by atoms with Crippen LogP contribution in [0.5, 0.6) is 0 Å². The van der Waals surface area contributed by atoms with Gasteiger partial charge in [-0.2, -0.15) is 0 Å². The van der Waals surface area contributed by atoms with E-state index in [0.717, 1.165) is 36.0 Å². The van der Waals surface area contributed by atoms with Gasteiger partial charge in [-0.05, 0) is 47.8 Å². The normalized spacial score (nSPS) is 21.3. The largest absolute Gasteiger partial charge is 0.422 e. The number of hydrogen-bond donors (Lipinski definition) is 0. The molecule has 3 nitrogen and oxygen atoms in total. The lowest BCUT2D eigenvalue weighted by molar-refractivity contribution is 0.398. The zero-order valence-electron chi connectivity index (χ0n) is 14.7. The molecule has 0 fully saturated rings. The quantitative estimate of drug-likeness (QED) is 0.681. The van der Waals surface area contributed by atoms with Crippen molar-refractivity contribution in [2.45, 2.75) is 58.3 Å². The zero-order chi connectivity index (χ0) is 16.6. The Kier molecular flexibility index (Phi) is 2.83. The lowest BCUT2D eigenvalue weighted by Gasteiger charge is -2.48. The summed E-state index contributed by atoms with van der Waals surface area (Å²) >= 11 is 0. The van der Waals surface area contributed by atoms with Gasteiger partial charge in [-0.3, -0.25) is 0 Å². The lowest BCUT2D eigenvalue weighted by atomic mass is 9.69. The Morgan fingerprint density at radius 1 is 1.04 bits per heavy atom. The summed E-state index contributed by atoms with van der Waals surface area (Å²) < 4.78 is 5.73. The van der Waals surface area contributed by atoms with E-state index in [9.17, 15) is 4.79 Å². The van der Waals surface area contributed by atoms with Crippen molar-refractivity contribution in [3.05, 3.63) is 39.2 Å². The van der Waals surface area contributed by atoms with E-state index < -0.39 is 0 Å². The van der Waals surface area contributed by atoms with Crippen LogP contribution in [-0.2, 0) is 10.8 Å². The second-order valence-corrected chi connectivity index (χ2v) is 8.53. The molecule has 0 bridgehead atoms. The summed E-state index contributed by atoms with van der Waals surface area (Å²) in [7, 11) is 0. The van der Waals surface area contributed by atoms with Crippen LogP contribution in [0.4, 0.5) is 5.69 Å². The van der Waals surface area contributed by atoms with Crippen LogP contribution >= 0.6 is 0 Å². The highest BCUT2D eigenvalue weighted by Gasteiger charge is 2.41. The van der Waals surface area contributed by atoms with Gasteiger partial charge in [0.1, 0.15) is 5.58 Å². The summed E-state index contributed by atoms with van der Waals surface area (Å²) in [6, 6.07) is 3.89. The second kappa shape index (κ2) is 4.40. The van der Waals surface area contributed by atoms with Crippen LogP contribution in [0.25, 0.3) is 11.0 Å². The molecule has 0 atom stereocenters. The number of nitrogens with zero attached hydrogens (tertiary/aromatic N) is 1. The number of rotatable bonds is 0. The minimum Gasteiger partial charge on any atom is -0.422 e. The first-order chi connectivity index (χ1) is 10.7. The first kappa shape index (κ1) is 14.8. The molecule has 0 unspecified atom stereocenters. The van der Waals surface area contributed by atoms with E-state index in [1.165, 1.54) is 23.2 Å². The molecule has 4 rings (SSSR count). The maximum Gasteiger partial charge on any atom is 0.336 e. The Balaban J connectivity index is 2.23. The van der Waals surface area contributed by atoms with Crippen LogP contribution in [0, 0.1) is 6.92 Å². The minimum absolute atomic E-state index is 0.0250. The third-order valence-corrected chi connectivity index (χ3v) is 5.95. The number of fused-ring (bicyclic) bond motifs is 2. The predicted molar refractivity (Wildman–Crippen MR) is 94.7 cm³/mol. The van der Waals surface area contributed by atoms with Crippen molar-refractivity contribution in [1.29, 1.82) is 0 Å². The first-order valence-electron chi connectivity index (χ1n) is 8.58. The van der Waals surface area contributed by atoms with Crippen LogP contribution in [0.15, 0.2) is 21.3 Å². The standard InChI is InChI=1S/C20H25NO2/c1-12-10-15(22)23-18-13(12)11-14-17-16(18)20(4,5)7-9-21(17)8-6-19(14,2)3/h10-11H,6-9H2,1-5H3. The summed E-state index contributed by atoms with van der Waals surface area (Å²) in [5.41, 5.74) is 5.75. The van der Waals surface area contributed by atoms with Crippen LogP contribution in [0.3, 0.4) is 0 Å². The van der Waals surface area contributed by atoms with Gasteiger partial charge < -0.3 is 9.32 Å². The van der Waals surface area contributed by atoms with Crippen molar-refractivity contribution >= 4 is 16.7 Å². The summed E-state index contributed by atoms with van der Waals surface area (Å²) in [6.45, 7) is 13.4. The molecular weight excluding hydrogens is 286 g/mol. The van der Waals surface area contributed by atoms with Crippen LogP contribution in [0.1, 0.15) is 57.2 Å². The minimum atomic E-state index is -0.241. The van der Waals surface area contributed by atoms with Gasteiger partial charge in [0.15, 0.2) is 0 Å². The van der Waals surface area contributed by atoms with Gasteiger partial charge in [-0.1, -0.05) is 27.7 Å². The molecule has 23 heavy (non-hydrogen) atoms. The summed E-state index contributed by atoms with van der Waals surface area (Å²) in [4.78, 5) is 14.5. The molecule has 2 aromatic rings. The van der Waals surface area contributed by atoms with Gasteiger partial charge in [-0.25, -0.2) is 4.79 Å². The van der Waals surface area contributed by atoms with Gasteiger partial charge in [0.05, 0.1) is 0 Å². The van der Waals surface area contributed by atoms with Gasteiger partial charge in [0, 0.05) is 35.8 Å². The Bertz CT molecular complexity index is 871. The van der Waals surface area contributed by atoms with Crippen molar-refractivity contribution in [2.75, 3.05) is 18.0 Å². The Labute approximate surface area is 137 Å². The maximum atomic E-state index is 12.0. The highest BCUT2D eigenvalue weighted by atomic mass is 16.4. The van der Waals surface area contributed by atoms with Crippen molar-refractivity contribution < 1.29 is 4.42 Å². The van der Waals surface area contributed by atoms with E-state index in [1.54, 1.807) is 6.07 Å². The molecule has 1 aromatic carbocycles. The van der Waals surface area contributed by atoms with Crippen LogP contribution < -0.4 is 10.5 Å². The maximum absolute atomic E-state index is 12.0. The van der Waals surface area contributed by atoms with Crippen molar-refractivity contribution in [3.8, 4) is 0 Å². The molecule has 0 radical (unpaired) electrons. The van der Waals surface area contributed by atoms with Crippen molar-refractivity contribution in [2.24, 2.45) is 0 Å². The third kappa shape index (κ3) is 1.98. The van der Waals surface area contributed by atoms with E-state index in [4.69, 9.17) is 4.42 Å². The van der Waals surface area contributed by atoms with E-state index in [1.807, 2.05) is 6.92 Å². The second-order valence-electron chi connectivity index (χ2n) is 8.53. The average Bonchev–Trinajstić information content (AvgIpc) is 2.44. The van der Waals surface area contributed by atoms with Gasteiger partial charge in [0.25, 0.3) is 0 Å². The number of anilines is 1.